The number of carbonyl (C=O) groups is 1. The summed E-state index contributed by atoms with van der Waals surface area (Å²) < 4.78 is 0. The maximum atomic E-state index is 11.8. The number of thiazole rings is 1. The van der Waals surface area contributed by atoms with E-state index < -0.39 is 0 Å². The minimum Gasteiger partial charge on any atom is -0.338 e. The van der Waals surface area contributed by atoms with Gasteiger partial charge in [0.25, 0.3) is 0 Å². The van der Waals surface area contributed by atoms with Gasteiger partial charge in [-0.05, 0) is 6.92 Å². The molecule has 1 aromatic heterocycles. The predicted molar refractivity (Wildman–Crippen MR) is 93.5 cm³/mol. The highest BCUT2D eigenvalue weighted by Gasteiger charge is 2.21. The fraction of sp³-hybridized carbons (Fsp3) is 0.412. The molecule has 6 heteroatoms. The van der Waals surface area contributed by atoms with Gasteiger partial charge in [-0.15, -0.1) is 11.3 Å². The van der Waals surface area contributed by atoms with E-state index in [-0.39, 0.29) is 6.03 Å². The van der Waals surface area contributed by atoms with Gasteiger partial charge in [0, 0.05) is 43.7 Å². The van der Waals surface area contributed by atoms with Crippen LogP contribution in [0, 0.1) is 0 Å². The molecule has 0 radical (unpaired) electrons. The summed E-state index contributed by atoms with van der Waals surface area (Å²) in [5, 5.41) is 6.11. The number of nitrogens with zero attached hydrogens (tertiary/aromatic N) is 3. The van der Waals surface area contributed by atoms with Gasteiger partial charge in [-0.3, -0.25) is 4.90 Å². The lowest BCUT2D eigenvalue weighted by atomic mass is 10.2. The summed E-state index contributed by atoms with van der Waals surface area (Å²) >= 11 is 1.71. The van der Waals surface area contributed by atoms with Crippen LogP contribution in [0.3, 0.4) is 0 Å². The zero-order valence-corrected chi connectivity index (χ0v) is 14.2. The molecule has 1 aliphatic rings. The average molecular weight is 330 g/mol. The van der Waals surface area contributed by atoms with Crippen LogP contribution in [0.15, 0.2) is 35.7 Å². The van der Waals surface area contributed by atoms with E-state index in [9.17, 15) is 4.79 Å². The van der Waals surface area contributed by atoms with Gasteiger partial charge >= 0.3 is 6.03 Å². The van der Waals surface area contributed by atoms with Gasteiger partial charge in [0.2, 0.25) is 0 Å². The second-order valence-corrected chi connectivity index (χ2v) is 6.53. The normalized spacial score (nSPS) is 15.6. The Kier molecular flexibility index (Phi) is 5.25. The maximum absolute atomic E-state index is 11.8. The molecule has 0 aliphatic carbocycles. The van der Waals surface area contributed by atoms with Crippen LogP contribution in [0.25, 0.3) is 11.3 Å². The van der Waals surface area contributed by atoms with Crippen molar-refractivity contribution in [3.63, 3.8) is 0 Å². The predicted octanol–water partition coefficient (Wildman–Crippen LogP) is 2.66. The number of hydrogen-bond acceptors (Lipinski definition) is 4. The molecule has 1 saturated heterocycles. The van der Waals surface area contributed by atoms with Crippen LogP contribution in [0.4, 0.5) is 4.79 Å². The highest BCUT2D eigenvalue weighted by Crippen LogP contribution is 2.22. The van der Waals surface area contributed by atoms with Gasteiger partial charge in [-0.1, -0.05) is 30.3 Å². The molecule has 3 rings (SSSR count). The minimum absolute atomic E-state index is 0.0489. The lowest BCUT2D eigenvalue weighted by molar-refractivity contribution is 0.135. The topological polar surface area (TPSA) is 48.5 Å². The lowest BCUT2D eigenvalue weighted by Gasteiger charge is -2.34. The van der Waals surface area contributed by atoms with Crippen molar-refractivity contribution in [2.45, 2.75) is 13.5 Å². The van der Waals surface area contributed by atoms with Gasteiger partial charge in [0.15, 0.2) is 0 Å². The van der Waals surface area contributed by atoms with Gasteiger partial charge in [0.1, 0.15) is 5.01 Å². The molecule has 0 atom stereocenters. The van der Waals surface area contributed by atoms with Gasteiger partial charge in [-0.2, -0.15) is 0 Å². The fourth-order valence-corrected chi connectivity index (χ4v) is 3.53. The Labute approximate surface area is 140 Å². The third-order valence-electron chi connectivity index (χ3n) is 3.97. The molecule has 1 aromatic carbocycles. The van der Waals surface area contributed by atoms with Crippen molar-refractivity contribution in [2.75, 3.05) is 32.7 Å². The molecule has 5 nitrogen and oxygen atoms in total. The van der Waals surface area contributed by atoms with Crippen LogP contribution in [0.5, 0.6) is 0 Å². The van der Waals surface area contributed by atoms with Gasteiger partial charge < -0.3 is 10.2 Å². The Balaban J connectivity index is 1.53. The van der Waals surface area contributed by atoms with Crippen molar-refractivity contribution in [3.05, 3.63) is 40.7 Å². The van der Waals surface area contributed by atoms with E-state index in [4.69, 9.17) is 4.98 Å². The molecule has 1 N–H and O–H groups in total. The van der Waals surface area contributed by atoms with Crippen molar-refractivity contribution < 1.29 is 4.79 Å². The summed E-state index contributed by atoms with van der Waals surface area (Å²) in [4.78, 5) is 20.8. The summed E-state index contributed by atoms with van der Waals surface area (Å²) in [6.07, 6.45) is 0. The Morgan fingerprint density at radius 1 is 1.22 bits per heavy atom. The number of benzene rings is 1. The van der Waals surface area contributed by atoms with Crippen molar-refractivity contribution in [3.8, 4) is 11.3 Å². The number of urea groups is 1. The minimum atomic E-state index is 0.0489. The molecule has 1 aliphatic heterocycles. The van der Waals surface area contributed by atoms with Crippen molar-refractivity contribution in [2.24, 2.45) is 0 Å². The number of aromatic nitrogens is 1. The number of hydrogen-bond donors (Lipinski definition) is 1. The first-order valence-electron chi connectivity index (χ1n) is 8.01. The summed E-state index contributed by atoms with van der Waals surface area (Å²) in [6.45, 7) is 6.85. The Morgan fingerprint density at radius 2 is 1.96 bits per heavy atom. The molecule has 0 spiro atoms. The zero-order valence-electron chi connectivity index (χ0n) is 13.4. The first kappa shape index (κ1) is 16.0. The number of carbonyl (C=O) groups excluding carboxylic acids is 1. The van der Waals surface area contributed by atoms with Crippen LogP contribution < -0.4 is 5.32 Å². The molecule has 2 amide bonds. The van der Waals surface area contributed by atoms with Gasteiger partial charge in [0.05, 0.1) is 12.2 Å². The third-order valence-corrected chi connectivity index (χ3v) is 4.80. The average Bonchev–Trinajstić information content (AvgIpc) is 3.05. The highest BCUT2D eigenvalue weighted by molar-refractivity contribution is 7.09. The van der Waals surface area contributed by atoms with Crippen LogP contribution in [-0.4, -0.2) is 53.5 Å². The van der Waals surface area contributed by atoms with Crippen LogP contribution >= 0.6 is 11.3 Å². The molecule has 1 fully saturated rings. The first-order valence-corrected chi connectivity index (χ1v) is 8.89. The van der Waals surface area contributed by atoms with E-state index in [0.717, 1.165) is 49.0 Å². The number of amides is 2. The molecule has 0 unspecified atom stereocenters. The quantitative estimate of drug-likeness (QED) is 0.937. The molecule has 122 valence electrons. The molecule has 0 saturated carbocycles. The molecular formula is C17H22N4OS. The van der Waals surface area contributed by atoms with E-state index in [0.29, 0.717) is 6.54 Å². The third kappa shape index (κ3) is 4.09. The van der Waals surface area contributed by atoms with E-state index in [2.05, 4.69) is 27.7 Å². The SMILES string of the molecule is CCNC(=O)N1CCN(Cc2nc(-c3ccccc3)cs2)CC1. The molecule has 2 heterocycles. The first-order chi connectivity index (χ1) is 11.3. The maximum Gasteiger partial charge on any atom is 0.317 e. The van der Waals surface area contributed by atoms with Crippen molar-refractivity contribution in [1.82, 2.24) is 20.1 Å². The molecule has 2 aromatic rings. The van der Waals surface area contributed by atoms with Crippen LogP contribution in [0.1, 0.15) is 11.9 Å². The summed E-state index contributed by atoms with van der Waals surface area (Å²) in [6, 6.07) is 10.3. The van der Waals surface area contributed by atoms with Crippen LogP contribution in [-0.2, 0) is 6.54 Å². The lowest BCUT2D eigenvalue weighted by Crippen LogP contribution is -2.51. The van der Waals surface area contributed by atoms with E-state index in [1.807, 2.05) is 30.0 Å². The molecule has 0 bridgehead atoms. The largest absolute Gasteiger partial charge is 0.338 e. The zero-order chi connectivity index (χ0) is 16.1. The summed E-state index contributed by atoms with van der Waals surface area (Å²) in [5.74, 6) is 0. The van der Waals surface area contributed by atoms with Crippen molar-refractivity contribution in [1.29, 1.82) is 0 Å². The summed E-state index contributed by atoms with van der Waals surface area (Å²) in [7, 11) is 0. The van der Waals surface area contributed by atoms with E-state index >= 15 is 0 Å². The van der Waals surface area contributed by atoms with Crippen molar-refractivity contribution >= 4 is 17.4 Å². The van der Waals surface area contributed by atoms with Gasteiger partial charge in [-0.25, -0.2) is 9.78 Å². The summed E-state index contributed by atoms with van der Waals surface area (Å²) in [5.41, 5.74) is 2.21. The Morgan fingerprint density at radius 3 is 2.65 bits per heavy atom. The fourth-order valence-electron chi connectivity index (χ4n) is 2.69. The van der Waals surface area contributed by atoms with E-state index in [1.54, 1.807) is 11.3 Å². The number of nitrogens with one attached hydrogen (secondary N) is 1. The smallest absolute Gasteiger partial charge is 0.317 e. The number of rotatable bonds is 4. The number of piperazine rings is 1. The molecular weight excluding hydrogens is 308 g/mol. The standard InChI is InChI=1S/C17H22N4OS/c1-2-18-17(22)21-10-8-20(9-11-21)12-16-19-15(13-23-16)14-6-4-3-5-7-14/h3-7,13H,2,8-12H2,1H3,(H,18,22). The van der Waals surface area contributed by atoms with E-state index in [1.165, 1.54) is 0 Å². The second kappa shape index (κ2) is 7.57. The van der Waals surface area contributed by atoms with Crippen LogP contribution in [0.2, 0.25) is 0 Å². The molecule has 23 heavy (non-hydrogen) atoms. The monoisotopic (exact) mass is 330 g/mol. The Bertz CT molecular complexity index is 635. The Hall–Kier alpha value is -1.92. The second-order valence-electron chi connectivity index (χ2n) is 5.59. The highest BCUT2D eigenvalue weighted by atomic mass is 32.1.